The number of oxime groups is 1. The van der Waals surface area contributed by atoms with Gasteiger partial charge >= 0.3 is 5.97 Å². The minimum absolute atomic E-state index is 0.0168. The zero-order chi connectivity index (χ0) is 23.1. The van der Waals surface area contributed by atoms with Crippen molar-refractivity contribution in [3.05, 3.63) is 65.7 Å². The third kappa shape index (κ3) is 3.35. The van der Waals surface area contributed by atoms with E-state index in [2.05, 4.69) is 57.2 Å². The fourth-order valence-electron chi connectivity index (χ4n) is 5.45. The van der Waals surface area contributed by atoms with Crippen LogP contribution in [0.2, 0.25) is 0 Å². The number of fused-ring (bicyclic) bond motifs is 2. The molecule has 1 amide bonds. The van der Waals surface area contributed by atoms with Gasteiger partial charge in [0.05, 0.1) is 16.7 Å². The highest BCUT2D eigenvalue weighted by molar-refractivity contribution is 6.06. The Hall–Kier alpha value is -2.95. The number of carbonyl (C=O) groups is 2. The molecule has 2 aromatic carbocycles. The van der Waals surface area contributed by atoms with Gasteiger partial charge in [-0.25, -0.2) is 4.79 Å². The van der Waals surface area contributed by atoms with E-state index in [0.717, 1.165) is 24.2 Å². The van der Waals surface area contributed by atoms with Crippen LogP contribution in [0.1, 0.15) is 75.7 Å². The second-order valence-electron chi connectivity index (χ2n) is 10.2. The van der Waals surface area contributed by atoms with Crippen LogP contribution in [0.15, 0.2) is 59.8 Å². The molecule has 2 atom stereocenters. The molecule has 0 saturated heterocycles. The highest BCUT2D eigenvalue weighted by Gasteiger charge is 2.71. The number of rotatable bonds is 5. The minimum atomic E-state index is -0.587. The molecule has 168 valence electrons. The predicted molar refractivity (Wildman–Crippen MR) is 127 cm³/mol. The first-order valence-electron chi connectivity index (χ1n) is 11.4. The van der Waals surface area contributed by atoms with Crippen molar-refractivity contribution in [2.24, 2.45) is 21.4 Å². The van der Waals surface area contributed by atoms with Crippen molar-refractivity contribution in [1.29, 1.82) is 0 Å². The zero-order valence-electron chi connectivity index (χ0n) is 19.6. The van der Waals surface area contributed by atoms with Gasteiger partial charge in [0.2, 0.25) is 5.91 Å². The molecule has 2 aliphatic carbocycles. The van der Waals surface area contributed by atoms with Crippen LogP contribution in [-0.2, 0) is 9.63 Å². The largest absolute Gasteiger partial charge is 0.365 e. The standard InChI is InChI=1S/C27H32N2O3/c1-18(2)19-11-13-21(14-12-19)28-24(31)27-16-15-26(5,25(27,3)4)22(17-27)29-32-23(30)20-9-7-6-8-10-20/h6-14,18H,15-17H2,1-5H3,(H,28,31)/b29-22-. The maximum atomic E-state index is 13.6. The molecular formula is C27H32N2O3. The molecule has 2 fully saturated rings. The van der Waals surface area contributed by atoms with Crippen molar-refractivity contribution >= 4 is 23.3 Å². The Morgan fingerprint density at radius 1 is 0.969 bits per heavy atom. The molecule has 0 heterocycles. The first-order valence-corrected chi connectivity index (χ1v) is 11.4. The Morgan fingerprint density at radius 3 is 2.25 bits per heavy atom. The zero-order valence-corrected chi connectivity index (χ0v) is 19.6. The minimum Gasteiger partial charge on any atom is -0.326 e. The van der Waals surface area contributed by atoms with E-state index in [1.807, 2.05) is 18.2 Å². The van der Waals surface area contributed by atoms with Gasteiger partial charge in [-0.15, -0.1) is 0 Å². The molecule has 2 unspecified atom stereocenters. The number of nitrogens with zero attached hydrogens (tertiary/aromatic N) is 1. The van der Waals surface area contributed by atoms with Crippen LogP contribution in [0.25, 0.3) is 0 Å². The van der Waals surface area contributed by atoms with Crippen molar-refractivity contribution in [2.75, 3.05) is 5.32 Å². The topological polar surface area (TPSA) is 67.8 Å². The van der Waals surface area contributed by atoms with Gasteiger partial charge in [0.25, 0.3) is 0 Å². The molecule has 32 heavy (non-hydrogen) atoms. The lowest BCUT2D eigenvalue weighted by Gasteiger charge is -2.39. The summed E-state index contributed by atoms with van der Waals surface area (Å²) in [5.41, 5.74) is 2.09. The van der Waals surface area contributed by atoms with Crippen LogP contribution >= 0.6 is 0 Å². The number of carbonyl (C=O) groups excluding carboxylic acids is 2. The lowest BCUT2D eigenvalue weighted by atomic mass is 9.64. The molecule has 5 heteroatoms. The van der Waals surface area contributed by atoms with Crippen LogP contribution in [0.5, 0.6) is 0 Å². The van der Waals surface area contributed by atoms with Gasteiger partial charge in [-0.1, -0.05) is 70.1 Å². The van der Waals surface area contributed by atoms with Gasteiger partial charge < -0.3 is 10.2 Å². The number of anilines is 1. The van der Waals surface area contributed by atoms with E-state index in [4.69, 9.17) is 4.84 Å². The van der Waals surface area contributed by atoms with Crippen LogP contribution in [-0.4, -0.2) is 17.6 Å². The smallest absolute Gasteiger partial charge is 0.326 e. The first-order chi connectivity index (χ1) is 15.1. The van der Waals surface area contributed by atoms with Crippen LogP contribution in [0, 0.1) is 16.2 Å². The normalized spacial score (nSPS) is 27.0. The molecule has 0 radical (unpaired) electrons. The summed E-state index contributed by atoms with van der Waals surface area (Å²) >= 11 is 0. The SMILES string of the molecule is CC(C)c1ccc(NC(=O)C23CCC(C)(/C(=N\OC(=O)c4ccccc4)C2)C3(C)C)cc1. The molecule has 0 aromatic heterocycles. The number of hydrogen-bond acceptors (Lipinski definition) is 4. The molecule has 2 aliphatic rings. The summed E-state index contributed by atoms with van der Waals surface area (Å²) in [6.07, 6.45) is 2.12. The van der Waals surface area contributed by atoms with E-state index < -0.39 is 11.4 Å². The average Bonchev–Trinajstić information content (AvgIpc) is 3.09. The maximum Gasteiger partial charge on any atom is 0.365 e. The second-order valence-corrected chi connectivity index (χ2v) is 10.2. The summed E-state index contributed by atoms with van der Waals surface area (Å²) in [4.78, 5) is 31.3. The van der Waals surface area contributed by atoms with E-state index in [1.54, 1.807) is 24.3 Å². The van der Waals surface area contributed by atoms with Crippen LogP contribution < -0.4 is 5.32 Å². The molecule has 0 spiro atoms. The monoisotopic (exact) mass is 432 g/mol. The second kappa shape index (κ2) is 7.88. The van der Waals surface area contributed by atoms with Gasteiger partial charge in [0.1, 0.15) is 0 Å². The number of amides is 1. The quantitative estimate of drug-likeness (QED) is 0.453. The van der Waals surface area contributed by atoms with E-state index in [1.165, 1.54) is 5.56 Å². The Kier molecular flexibility index (Phi) is 5.48. The van der Waals surface area contributed by atoms with Crippen molar-refractivity contribution < 1.29 is 14.4 Å². The molecule has 2 aromatic rings. The van der Waals surface area contributed by atoms with E-state index in [0.29, 0.717) is 17.9 Å². The number of nitrogens with one attached hydrogen (secondary N) is 1. The van der Waals surface area contributed by atoms with Crippen molar-refractivity contribution in [1.82, 2.24) is 0 Å². The summed E-state index contributed by atoms with van der Waals surface area (Å²) in [6.45, 7) is 10.7. The lowest BCUT2D eigenvalue weighted by Crippen LogP contribution is -2.43. The van der Waals surface area contributed by atoms with E-state index in [-0.39, 0.29) is 16.7 Å². The van der Waals surface area contributed by atoms with Crippen LogP contribution in [0.4, 0.5) is 5.69 Å². The van der Waals surface area contributed by atoms with Crippen molar-refractivity contribution in [3.8, 4) is 0 Å². The summed E-state index contributed by atoms with van der Waals surface area (Å²) in [5, 5.41) is 7.45. The Bertz CT molecular complexity index is 1060. The maximum absolute atomic E-state index is 13.6. The van der Waals surface area contributed by atoms with Crippen molar-refractivity contribution in [3.63, 3.8) is 0 Å². The summed E-state index contributed by atoms with van der Waals surface area (Å²) < 4.78 is 0. The van der Waals surface area contributed by atoms with Gasteiger partial charge in [-0.2, -0.15) is 0 Å². The first kappa shape index (κ1) is 22.3. The fraction of sp³-hybridized carbons (Fsp3) is 0.444. The third-order valence-corrected chi connectivity index (χ3v) is 8.25. The van der Waals surface area contributed by atoms with Gasteiger partial charge in [-0.3, -0.25) is 4.79 Å². The molecule has 0 aliphatic heterocycles. The molecule has 2 bridgehead atoms. The molecule has 2 saturated carbocycles. The predicted octanol–water partition coefficient (Wildman–Crippen LogP) is 6.18. The third-order valence-electron chi connectivity index (χ3n) is 8.25. The Labute approximate surface area is 190 Å². The Morgan fingerprint density at radius 2 is 1.62 bits per heavy atom. The average molecular weight is 433 g/mol. The summed E-state index contributed by atoms with van der Waals surface area (Å²) in [7, 11) is 0. The summed E-state index contributed by atoms with van der Waals surface area (Å²) in [6, 6.07) is 16.9. The highest BCUT2D eigenvalue weighted by atomic mass is 16.7. The van der Waals surface area contributed by atoms with Gasteiger partial charge in [-0.05, 0) is 54.0 Å². The highest BCUT2D eigenvalue weighted by Crippen LogP contribution is 2.71. The lowest BCUT2D eigenvalue weighted by molar-refractivity contribution is -0.130. The number of benzene rings is 2. The number of hydrogen-bond donors (Lipinski definition) is 1. The molecule has 1 N–H and O–H groups in total. The molecule has 5 nitrogen and oxygen atoms in total. The van der Waals surface area contributed by atoms with Crippen LogP contribution in [0.3, 0.4) is 0 Å². The fourth-order valence-corrected chi connectivity index (χ4v) is 5.45. The molecular weight excluding hydrogens is 400 g/mol. The van der Waals surface area contributed by atoms with E-state index >= 15 is 0 Å². The van der Waals surface area contributed by atoms with E-state index in [9.17, 15) is 9.59 Å². The Balaban J connectivity index is 1.56. The summed E-state index contributed by atoms with van der Waals surface area (Å²) in [5.74, 6) is -0.0193. The molecule has 4 rings (SSSR count). The van der Waals surface area contributed by atoms with Gasteiger partial charge in [0.15, 0.2) is 0 Å². The van der Waals surface area contributed by atoms with Crippen molar-refractivity contribution in [2.45, 2.75) is 59.8 Å². The van der Waals surface area contributed by atoms with Gasteiger partial charge in [0, 0.05) is 17.5 Å².